The van der Waals surface area contributed by atoms with Crippen LogP contribution >= 0.6 is 23.2 Å². The van der Waals surface area contributed by atoms with Gasteiger partial charge in [0.05, 0.1) is 10.0 Å². The second-order valence-electron chi connectivity index (χ2n) is 3.95. The molecule has 92 valence electrons. The first-order valence-electron chi connectivity index (χ1n) is 5.39. The topological polar surface area (TPSA) is 29.1 Å². The molecule has 0 saturated carbocycles. The molecule has 0 atom stereocenters. The summed E-state index contributed by atoms with van der Waals surface area (Å²) in [6.45, 7) is 1.99. The molecule has 0 saturated heterocycles. The molecule has 4 heteroatoms. The predicted octanol–water partition coefficient (Wildman–Crippen LogP) is 4.55. The summed E-state index contributed by atoms with van der Waals surface area (Å²) in [5.74, 6) is -0.211. The van der Waals surface area contributed by atoms with Gasteiger partial charge in [-0.15, -0.1) is 0 Å². The van der Waals surface area contributed by atoms with Crippen LogP contribution in [0.2, 0.25) is 10.0 Å². The lowest BCUT2D eigenvalue weighted by atomic mass is 10.2. The summed E-state index contributed by atoms with van der Waals surface area (Å²) in [5.41, 5.74) is 2.36. The van der Waals surface area contributed by atoms with Gasteiger partial charge < -0.3 is 5.32 Å². The average Bonchev–Trinajstić information content (AvgIpc) is 2.35. The van der Waals surface area contributed by atoms with Gasteiger partial charge >= 0.3 is 0 Å². The zero-order valence-electron chi connectivity index (χ0n) is 9.71. The molecule has 0 unspecified atom stereocenters. The number of aryl methyl sites for hydroxylation is 1. The van der Waals surface area contributed by atoms with Crippen molar-refractivity contribution in [2.75, 3.05) is 5.32 Å². The highest BCUT2D eigenvalue weighted by atomic mass is 35.5. The quantitative estimate of drug-likeness (QED) is 0.858. The number of hydrogen-bond donors (Lipinski definition) is 1. The van der Waals surface area contributed by atoms with Crippen LogP contribution in [0.5, 0.6) is 0 Å². The van der Waals surface area contributed by atoms with Gasteiger partial charge in [0.15, 0.2) is 0 Å². The lowest BCUT2D eigenvalue weighted by Crippen LogP contribution is -2.11. The Balaban J connectivity index is 2.16. The Morgan fingerprint density at radius 1 is 1.00 bits per heavy atom. The van der Waals surface area contributed by atoms with Crippen molar-refractivity contribution in [3.63, 3.8) is 0 Å². The molecule has 18 heavy (non-hydrogen) atoms. The van der Waals surface area contributed by atoms with Crippen molar-refractivity contribution in [1.29, 1.82) is 0 Å². The maximum Gasteiger partial charge on any atom is 0.255 e. The number of halogens is 2. The molecule has 2 aromatic rings. The molecule has 0 fully saturated rings. The standard InChI is InChI=1S/C14H11Cl2NO/c1-9-2-5-11(6-3-9)17-14(18)10-4-7-12(15)13(16)8-10/h2-8H,1H3,(H,17,18). The molecule has 0 radical (unpaired) electrons. The van der Waals surface area contributed by atoms with E-state index < -0.39 is 0 Å². The Kier molecular flexibility index (Phi) is 3.90. The fraction of sp³-hybridized carbons (Fsp3) is 0.0714. The van der Waals surface area contributed by atoms with Crippen LogP contribution in [-0.2, 0) is 0 Å². The number of rotatable bonds is 2. The molecular formula is C14H11Cl2NO. The van der Waals surface area contributed by atoms with Crippen molar-refractivity contribution in [3.05, 3.63) is 63.6 Å². The van der Waals surface area contributed by atoms with Crippen molar-refractivity contribution in [3.8, 4) is 0 Å². The summed E-state index contributed by atoms with van der Waals surface area (Å²) in [6, 6.07) is 12.4. The molecular weight excluding hydrogens is 269 g/mol. The molecule has 0 bridgehead atoms. The van der Waals surface area contributed by atoms with E-state index in [-0.39, 0.29) is 5.91 Å². The number of amides is 1. The molecule has 0 aliphatic heterocycles. The minimum Gasteiger partial charge on any atom is -0.322 e. The molecule has 2 rings (SSSR count). The van der Waals surface area contributed by atoms with E-state index in [1.165, 1.54) is 0 Å². The molecule has 2 aromatic carbocycles. The highest BCUT2D eigenvalue weighted by Crippen LogP contribution is 2.23. The zero-order chi connectivity index (χ0) is 13.1. The van der Waals surface area contributed by atoms with Gasteiger partial charge in [-0.1, -0.05) is 40.9 Å². The maximum atomic E-state index is 11.9. The summed E-state index contributed by atoms with van der Waals surface area (Å²) in [6.07, 6.45) is 0. The Labute approximate surface area is 116 Å². The van der Waals surface area contributed by atoms with Crippen LogP contribution in [0.1, 0.15) is 15.9 Å². The Bertz CT molecular complexity index is 579. The monoisotopic (exact) mass is 279 g/mol. The second kappa shape index (κ2) is 5.42. The average molecular weight is 280 g/mol. The maximum absolute atomic E-state index is 11.9. The van der Waals surface area contributed by atoms with Gasteiger partial charge in [-0.2, -0.15) is 0 Å². The van der Waals surface area contributed by atoms with Gasteiger partial charge in [0, 0.05) is 11.3 Å². The Morgan fingerprint density at radius 3 is 2.28 bits per heavy atom. The van der Waals surface area contributed by atoms with Crippen LogP contribution in [0, 0.1) is 6.92 Å². The molecule has 2 nitrogen and oxygen atoms in total. The van der Waals surface area contributed by atoms with Crippen LogP contribution in [0.15, 0.2) is 42.5 Å². The summed E-state index contributed by atoms with van der Waals surface area (Å²) < 4.78 is 0. The number of anilines is 1. The van der Waals surface area contributed by atoms with E-state index in [2.05, 4.69) is 5.32 Å². The van der Waals surface area contributed by atoms with Crippen molar-refractivity contribution in [2.45, 2.75) is 6.92 Å². The summed E-state index contributed by atoms with van der Waals surface area (Å²) in [7, 11) is 0. The molecule has 0 heterocycles. The number of carbonyl (C=O) groups is 1. The van der Waals surface area contributed by atoms with E-state index >= 15 is 0 Å². The molecule has 1 N–H and O–H groups in total. The lowest BCUT2D eigenvalue weighted by Gasteiger charge is -2.06. The fourth-order valence-electron chi connectivity index (χ4n) is 1.48. The van der Waals surface area contributed by atoms with E-state index in [0.717, 1.165) is 11.3 Å². The lowest BCUT2D eigenvalue weighted by molar-refractivity contribution is 0.102. The van der Waals surface area contributed by atoms with Gasteiger partial charge in [0.2, 0.25) is 0 Å². The van der Waals surface area contributed by atoms with Crippen LogP contribution in [0.3, 0.4) is 0 Å². The van der Waals surface area contributed by atoms with Crippen molar-refractivity contribution < 1.29 is 4.79 Å². The van der Waals surface area contributed by atoms with Crippen LogP contribution < -0.4 is 5.32 Å². The van der Waals surface area contributed by atoms with Crippen molar-refractivity contribution in [2.24, 2.45) is 0 Å². The summed E-state index contributed by atoms with van der Waals surface area (Å²) in [4.78, 5) is 11.9. The minimum absolute atomic E-state index is 0.211. The van der Waals surface area contributed by atoms with Crippen molar-refractivity contribution in [1.82, 2.24) is 0 Å². The third kappa shape index (κ3) is 3.03. The Morgan fingerprint density at radius 2 is 1.67 bits per heavy atom. The number of carbonyl (C=O) groups excluding carboxylic acids is 1. The van der Waals surface area contributed by atoms with Gasteiger partial charge in [0.25, 0.3) is 5.91 Å². The summed E-state index contributed by atoms with van der Waals surface area (Å²) in [5, 5.41) is 3.59. The van der Waals surface area contributed by atoms with Gasteiger partial charge in [-0.3, -0.25) is 4.79 Å². The normalized spacial score (nSPS) is 10.2. The fourth-order valence-corrected chi connectivity index (χ4v) is 1.78. The first-order chi connectivity index (χ1) is 8.56. The largest absolute Gasteiger partial charge is 0.322 e. The summed E-state index contributed by atoms with van der Waals surface area (Å²) >= 11 is 11.7. The first kappa shape index (κ1) is 12.9. The van der Waals surface area contributed by atoms with E-state index in [0.29, 0.717) is 15.6 Å². The smallest absolute Gasteiger partial charge is 0.255 e. The Hall–Kier alpha value is -1.51. The third-order valence-electron chi connectivity index (χ3n) is 2.49. The first-order valence-corrected chi connectivity index (χ1v) is 6.15. The molecule has 1 amide bonds. The minimum atomic E-state index is -0.211. The number of benzene rings is 2. The molecule has 0 aliphatic carbocycles. The highest BCUT2D eigenvalue weighted by Gasteiger charge is 2.08. The van der Waals surface area contributed by atoms with E-state index in [1.54, 1.807) is 18.2 Å². The molecule has 0 spiro atoms. The second-order valence-corrected chi connectivity index (χ2v) is 4.76. The third-order valence-corrected chi connectivity index (χ3v) is 3.23. The predicted molar refractivity (Wildman–Crippen MR) is 75.6 cm³/mol. The van der Waals surface area contributed by atoms with Gasteiger partial charge in [-0.05, 0) is 37.3 Å². The van der Waals surface area contributed by atoms with Gasteiger partial charge in [0.1, 0.15) is 0 Å². The number of nitrogens with one attached hydrogen (secondary N) is 1. The zero-order valence-corrected chi connectivity index (χ0v) is 11.2. The van der Waals surface area contributed by atoms with Crippen molar-refractivity contribution >= 4 is 34.8 Å². The van der Waals surface area contributed by atoms with Gasteiger partial charge in [-0.25, -0.2) is 0 Å². The highest BCUT2D eigenvalue weighted by molar-refractivity contribution is 6.42. The van der Waals surface area contributed by atoms with E-state index in [9.17, 15) is 4.79 Å². The molecule has 0 aliphatic rings. The van der Waals surface area contributed by atoms with E-state index in [1.807, 2.05) is 31.2 Å². The van der Waals surface area contributed by atoms with Crippen LogP contribution in [-0.4, -0.2) is 5.91 Å². The van der Waals surface area contributed by atoms with Crippen LogP contribution in [0.4, 0.5) is 5.69 Å². The SMILES string of the molecule is Cc1ccc(NC(=O)c2ccc(Cl)c(Cl)c2)cc1. The number of hydrogen-bond acceptors (Lipinski definition) is 1. The van der Waals surface area contributed by atoms with Crippen LogP contribution in [0.25, 0.3) is 0 Å². The van der Waals surface area contributed by atoms with E-state index in [4.69, 9.17) is 23.2 Å². The molecule has 0 aromatic heterocycles.